The number of hydrogen-bond donors (Lipinski definition) is 0. The van der Waals surface area contributed by atoms with Crippen LogP contribution in [0.1, 0.15) is 24.1 Å². The summed E-state index contributed by atoms with van der Waals surface area (Å²) in [5, 5.41) is 1.22. The normalized spacial score (nSPS) is 14.8. The Labute approximate surface area is 95.3 Å². The molecule has 2 nitrogen and oxygen atoms in total. The van der Waals surface area contributed by atoms with E-state index in [0.717, 1.165) is 17.7 Å². The van der Waals surface area contributed by atoms with Gasteiger partial charge in [0.15, 0.2) is 0 Å². The molecule has 0 unspecified atom stereocenters. The number of nitrogens with zero attached hydrogens (tertiary/aromatic N) is 1. The predicted octanol–water partition coefficient (Wildman–Crippen LogP) is 3.12. The van der Waals surface area contributed by atoms with Crippen LogP contribution in [0.2, 0.25) is 0 Å². The van der Waals surface area contributed by atoms with Crippen molar-refractivity contribution in [2.45, 2.75) is 25.7 Å². The van der Waals surface area contributed by atoms with Crippen molar-refractivity contribution in [3.63, 3.8) is 0 Å². The van der Waals surface area contributed by atoms with Gasteiger partial charge < -0.3 is 4.74 Å². The highest BCUT2D eigenvalue weighted by Crippen LogP contribution is 2.26. The van der Waals surface area contributed by atoms with Crippen LogP contribution in [-0.4, -0.2) is 12.1 Å². The average Bonchev–Trinajstić information content (AvgIpc) is 2.35. The number of rotatable bonds is 1. The summed E-state index contributed by atoms with van der Waals surface area (Å²) in [6.45, 7) is 0. The van der Waals surface area contributed by atoms with E-state index < -0.39 is 0 Å². The minimum Gasteiger partial charge on any atom is -0.497 e. The molecular weight excluding hydrogens is 198 g/mol. The van der Waals surface area contributed by atoms with Crippen LogP contribution in [0.4, 0.5) is 0 Å². The Kier molecular flexibility index (Phi) is 2.28. The number of pyridine rings is 1. The molecule has 1 heterocycles. The van der Waals surface area contributed by atoms with Crippen molar-refractivity contribution in [3.8, 4) is 5.75 Å². The van der Waals surface area contributed by atoms with E-state index in [-0.39, 0.29) is 0 Å². The number of ether oxygens (including phenoxy) is 1. The molecule has 16 heavy (non-hydrogen) atoms. The fourth-order valence-corrected chi connectivity index (χ4v) is 2.40. The van der Waals surface area contributed by atoms with Crippen LogP contribution >= 0.6 is 0 Å². The van der Waals surface area contributed by atoms with Crippen molar-refractivity contribution in [3.05, 3.63) is 35.5 Å². The van der Waals surface area contributed by atoms with Gasteiger partial charge in [-0.3, -0.25) is 4.98 Å². The van der Waals surface area contributed by atoms with Gasteiger partial charge in [0.1, 0.15) is 5.75 Å². The Morgan fingerprint density at radius 3 is 2.88 bits per heavy atom. The number of methoxy groups -OCH3 is 1. The zero-order valence-corrected chi connectivity index (χ0v) is 9.49. The van der Waals surface area contributed by atoms with E-state index in [9.17, 15) is 0 Å². The van der Waals surface area contributed by atoms with E-state index in [4.69, 9.17) is 9.72 Å². The summed E-state index contributed by atoms with van der Waals surface area (Å²) in [7, 11) is 1.69. The first-order valence-electron chi connectivity index (χ1n) is 5.83. The molecule has 0 spiro atoms. The zero-order valence-electron chi connectivity index (χ0n) is 9.49. The Bertz CT molecular complexity index is 533. The topological polar surface area (TPSA) is 22.1 Å². The molecule has 82 valence electrons. The Hall–Kier alpha value is -1.57. The maximum atomic E-state index is 5.23. The summed E-state index contributed by atoms with van der Waals surface area (Å²) in [6, 6.07) is 8.40. The van der Waals surface area contributed by atoms with Gasteiger partial charge in [-0.1, -0.05) is 0 Å². The summed E-state index contributed by atoms with van der Waals surface area (Å²) in [5.74, 6) is 0.885. The fourth-order valence-electron chi connectivity index (χ4n) is 2.40. The second-order valence-corrected chi connectivity index (χ2v) is 4.36. The van der Waals surface area contributed by atoms with Crippen LogP contribution in [0.3, 0.4) is 0 Å². The molecule has 0 aliphatic heterocycles. The van der Waals surface area contributed by atoms with Crippen molar-refractivity contribution in [2.24, 2.45) is 0 Å². The summed E-state index contributed by atoms with van der Waals surface area (Å²) in [4.78, 5) is 4.74. The molecule has 0 N–H and O–H groups in total. The molecule has 0 saturated heterocycles. The summed E-state index contributed by atoms with van der Waals surface area (Å²) in [5.41, 5.74) is 3.77. The van der Waals surface area contributed by atoms with E-state index in [1.54, 1.807) is 7.11 Å². The first kappa shape index (κ1) is 9.64. The highest BCUT2D eigenvalue weighted by molar-refractivity contribution is 5.81. The Morgan fingerprint density at radius 2 is 2.00 bits per heavy atom. The average molecular weight is 213 g/mol. The van der Waals surface area contributed by atoms with E-state index in [1.807, 2.05) is 12.1 Å². The number of hydrogen-bond acceptors (Lipinski definition) is 2. The number of fused-ring (bicyclic) bond motifs is 2. The highest BCUT2D eigenvalue weighted by atomic mass is 16.5. The zero-order chi connectivity index (χ0) is 11.0. The standard InChI is InChI=1S/C14H15NO/c1-16-12-7-6-11-8-10-4-2-3-5-13(10)15-14(11)9-12/h6-9H,2-5H2,1H3. The molecule has 2 heteroatoms. The van der Waals surface area contributed by atoms with Gasteiger partial charge in [-0.15, -0.1) is 0 Å². The molecule has 0 fully saturated rings. The quantitative estimate of drug-likeness (QED) is 0.726. The third-order valence-electron chi connectivity index (χ3n) is 3.30. The molecule has 0 atom stereocenters. The molecule has 1 aliphatic carbocycles. The van der Waals surface area contributed by atoms with Crippen LogP contribution in [0.5, 0.6) is 5.75 Å². The van der Waals surface area contributed by atoms with Crippen molar-refractivity contribution < 1.29 is 4.74 Å². The molecule has 0 bridgehead atoms. The Balaban J connectivity index is 2.19. The van der Waals surface area contributed by atoms with E-state index in [2.05, 4.69) is 12.1 Å². The lowest BCUT2D eigenvalue weighted by atomic mass is 9.95. The van der Waals surface area contributed by atoms with Gasteiger partial charge in [-0.2, -0.15) is 0 Å². The highest BCUT2D eigenvalue weighted by Gasteiger charge is 2.11. The number of benzene rings is 1. The molecule has 1 aromatic heterocycles. The van der Waals surface area contributed by atoms with Crippen molar-refractivity contribution in [1.29, 1.82) is 0 Å². The van der Waals surface area contributed by atoms with E-state index >= 15 is 0 Å². The van der Waals surface area contributed by atoms with E-state index in [0.29, 0.717) is 0 Å². The van der Waals surface area contributed by atoms with Crippen LogP contribution < -0.4 is 4.74 Å². The summed E-state index contributed by atoms with van der Waals surface area (Å²) < 4.78 is 5.23. The maximum absolute atomic E-state index is 5.23. The number of aryl methyl sites for hydroxylation is 2. The van der Waals surface area contributed by atoms with Crippen molar-refractivity contribution >= 4 is 10.9 Å². The van der Waals surface area contributed by atoms with Crippen LogP contribution in [0.25, 0.3) is 10.9 Å². The van der Waals surface area contributed by atoms with Gasteiger partial charge in [-0.25, -0.2) is 0 Å². The van der Waals surface area contributed by atoms with Crippen LogP contribution in [-0.2, 0) is 12.8 Å². The van der Waals surface area contributed by atoms with Gasteiger partial charge >= 0.3 is 0 Å². The van der Waals surface area contributed by atoms with Crippen LogP contribution in [0.15, 0.2) is 24.3 Å². The molecule has 0 saturated carbocycles. The van der Waals surface area contributed by atoms with E-state index in [1.165, 1.54) is 35.9 Å². The lowest BCUT2D eigenvalue weighted by molar-refractivity contribution is 0.415. The first-order valence-corrected chi connectivity index (χ1v) is 5.83. The largest absolute Gasteiger partial charge is 0.497 e. The molecule has 0 amide bonds. The van der Waals surface area contributed by atoms with Gasteiger partial charge in [0.05, 0.1) is 12.6 Å². The SMILES string of the molecule is COc1ccc2cc3c(nc2c1)CCCC3. The third-order valence-corrected chi connectivity index (χ3v) is 3.30. The summed E-state index contributed by atoms with van der Waals surface area (Å²) in [6.07, 6.45) is 4.89. The van der Waals surface area contributed by atoms with Crippen molar-refractivity contribution in [2.75, 3.05) is 7.11 Å². The molecule has 1 aliphatic rings. The first-order chi connectivity index (χ1) is 7.86. The van der Waals surface area contributed by atoms with Gasteiger partial charge in [-0.05, 0) is 49.4 Å². The van der Waals surface area contributed by atoms with Gasteiger partial charge in [0.2, 0.25) is 0 Å². The maximum Gasteiger partial charge on any atom is 0.121 e. The predicted molar refractivity (Wildman–Crippen MR) is 64.9 cm³/mol. The number of aromatic nitrogens is 1. The molecule has 3 rings (SSSR count). The molecule has 2 aromatic rings. The Morgan fingerprint density at radius 1 is 1.12 bits per heavy atom. The lowest BCUT2D eigenvalue weighted by Crippen LogP contribution is -2.05. The molecule has 0 radical (unpaired) electrons. The monoisotopic (exact) mass is 213 g/mol. The van der Waals surface area contributed by atoms with Gasteiger partial charge in [0.25, 0.3) is 0 Å². The minimum atomic E-state index is 0.885. The minimum absolute atomic E-state index is 0.885. The second kappa shape index (κ2) is 3.78. The fraction of sp³-hybridized carbons (Fsp3) is 0.357. The summed E-state index contributed by atoms with van der Waals surface area (Å²) >= 11 is 0. The lowest BCUT2D eigenvalue weighted by Gasteiger charge is -2.15. The van der Waals surface area contributed by atoms with Gasteiger partial charge in [0, 0.05) is 17.1 Å². The molecular formula is C14H15NO. The molecule has 1 aromatic carbocycles. The second-order valence-electron chi connectivity index (χ2n) is 4.36. The third kappa shape index (κ3) is 1.54. The van der Waals surface area contributed by atoms with Crippen molar-refractivity contribution in [1.82, 2.24) is 4.98 Å². The smallest absolute Gasteiger partial charge is 0.121 e. The van der Waals surface area contributed by atoms with Crippen LogP contribution in [0, 0.1) is 0 Å².